The molecule has 0 rings (SSSR count). The van der Waals surface area contributed by atoms with E-state index in [4.69, 9.17) is 0 Å². The summed E-state index contributed by atoms with van der Waals surface area (Å²) in [6.07, 6.45) is 11.5. The monoisotopic (exact) mass is 136 g/mol. The fraction of sp³-hybridized carbons (Fsp3) is 0.400. The van der Waals surface area contributed by atoms with Gasteiger partial charge in [-0.05, 0) is 20.3 Å². The summed E-state index contributed by atoms with van der Waals surface area (Å²) >= 11 is 0. The van der Waals surface area contributed by atoms with Crippen LogP contribution < -0.4 is 0 Å². The standard InChI is InChI=1S/C10H16/c1-4-7-8-9-10(5-2)6-3/h4-5,7-9H,6H2,1-3H3. The molecule has 10 heavy (non-hydrogen) atoms. The molecule has 0 saturated carbocycles. The Balaban J connectivity index is 3.85. The van der Waals surface area contributed by atoms with Gasteiger partial charge in [-0.15, -0.1) is 0 Å². The van der Waals surface area contributed by atoms with Crippen LogP contribution in [0.25, 0.3) is 0 Å². The minimum Gasteiger partial charge on any atom is -0.0877 e. The molecule has 0 bridgehead atoms. The van der Waals surface area contributed by atoms with Gasteiger partial charge in [0.05, 0.1) is 0 Å². The molecule has 0 radical (unpaired) electrons. The molecular formula is C10H16. The van der Waals surface area contributed by atoms with Gasteiger partial charge in [0.1, 0.15) is 0 Å². The van der Waals surface area contributed by atoms with Crippen molar-refractivity contribution in [2.75, 3.05) is 0 Å². The minimum absolute atomic E-state index is 1.12. The first-order valence-electron chi connectivity index (χ1n) is 3.79. The zero-order chi connectivity index (χ0) is 7.82. The minimum atomic E-state index is 1.12. The summed E-state index contributed by atoms with van der Waals surface area (Å²) in [5.74, 6) is 0. The van der Waals surface area contributed by atoms with E-state index in [1.54, 1.807) is 0 Å². The smallest absolute Gasteiger partial charge is 0.0311 e. The summed E-state index contributed by atoms with van der Waals surface area (Å²) in [4.78, 5) is 0. The zero-order valence-corrected chi connectivity index (χ0v) is 7.09. The van der Waals surface area contributed by atoms with Crippen molar-refractivity contribution in [2.45, 2.75) is 27.2 Å². The van der Waals surface area contributed by atoms with Crippen LogP contribution in [-0.2, 0) is 0 Å². The normalized spacial score (nSPS) is 13.7. The predicted octanol–water partition coefficient (Wildman–Crippen LogP) is 3.48. The van der Waals surface area contributed by atoms with Crippen LogP contribution in [-0.4, -0.2) is 0 Å². The first kappa shape index (κ1) is 9.22. The first-order chi connectivity index (χ1) is 4.85. The number of rotatable bonds is 3. The van der Waals surface area contributed by atoms with E-state index in [1.807, 2.05) is 19.1 Å². The van der Waals surface area contributed by atoms with Crippen molar-refractivity contribution >= 4 is 0 Å². The summed E-state index contributed by atoms with van der Waals surface area (Å²) < 4.78 is 0. The van der Waals surface area contributed by atoms with Gasteiger partial charge >= 0.3 is 0 Å². The zero-order valence-electron chi connectivity index (χ0n) is 7.09. The van der Waals surface area contributed by atoms with Gasteiger partial charge in [0, 0.05) is 0 Å². The van der Waals surface area contributed by atoms with E-state index in [9.17, 15) is 0 Å². The Morgan fingerprint density at radius 1 is 1.20 bits per heavy atom. The summed E-state index contributed by atoms with van der Waals surface area (Å²) in [7, 11) is 0. The Morgan fingerprint density at radius 3 is 2.30 bits per heavy atom. The van der Waals surface area contributed by atoms with E-state index in [0.717, 1.165) is 6.42 Å². The van der Waals surface area contributed by atoms with Crippen molar-refractivity contribution in [3.05, 3.63) is 36.0 Å². The van der Waals surface area contributed by atoms with Crippen LogP contribution in [0.15, 0.2) is 36.0 Å². The SMILES string of the molecule is CC=CC=CC(=CC)CC. The van der Waals surface area contributed by atoms with Gasteiger partial charge in [0.15, 0.2) is 0 Å². The maximum absolute atomic E-state index is 2.16. The topological polar surface area (TPSA) is 0 Å². The van der Waals surface area contributed by atoms with Crippen molar-refractivity contribution in [2.24, 2.45) is 0 Å². The second-order valence-electron chi connectivity index (χ2n) is 2.10. The highest BCUT2D eigenvalue weighted by Crippen LogP contribution is 2.01. The molecular weight excluding hydrogens is 120 g/mol. The average Bonchev–Trinajstić information content (AvgIpc) is 1.99. The molecule has 0 spiro atoms. The molecule has 0 aromatic heterocycles. The largest absolute Gasteiger partial charge is 0.0877 e. The summed E-state index contributed by atoms with van der Waals surface area (Å²) in [5.41, 5.74) is 1.39. The van der Waals surface area contributed by atoms with Crippen LogP contribution in [0, 0.1) is 0 Å². The summed E-state index contributed by atoms with van der Waals surface area (Å²) in [6, 6.07) is 0. The molecule has 0 aromatic carbocycles. The summed E-state index contributed by atoms with van der Waals surface area (Å²) in [5, 5.41) is 0. The number of hydrogen-bond donors (Lipinski definition) is 0. The lowest BCUT2D eigenvalue weighted by molar-refractivity contribution is 1.14. The maximum Gasteiger partial charge on any atom is -0.0311 e. The molecule has 0 aliphatic heterocycles. The van der Waals surface area contributed by atoms with Crippen LogP contribution in [0.1, 0.15) is 27.2 Å². The Morgan fingerprint density at radius 2 is 1.90 bits per heavy atom. The molecule has 0 fully saturated rings. The lowest BCUT2D eigenvalue weighted by atomic mass is 10.2. The lowest BCUT2D eigenvalue weighted by Crippen LogP contribution is -1.70. The summed E-state index contributed by atoms with van der Waals surface area (Å²) in [6.45, 7) is 6.25. The molecule has 0 aliphatic rings. The Kier molecular flexibility index (Phi) is 5.85. The molecule has 0 nitrogen and oxygen atoms in total. The Bertz CT molecular complexity index is 147. The van der Waals surface area contributed by atoms with Crippen LogP contribution in [0.3, 0.4) is 0 Å². The van der Waals surface area contributed by atoms with Gasteiger partial charge in [-0.25, -0.2) is 0 Å². The van der Waals surface area contributed by atoms with Gasteiger partial charge in [-0.1, -0.05) is 42.9 Å². The van der Waals surface area contributed by atoms with E-state index < -0.39 is 0 Å². The molecule has 0 atom stereocenters. The predicted molar refractivity (Wildman–Crippen MR) is 48.0 cm³/mol. The van der Waals surface area contributed by atoms with Crippen molar-refractivity contribution in [1.82, 2.24) is 0 Å². The molecule has 0 heteroatoms. The molecule has 0 amide bonds. The van der Waals surface area contributed by atoms with Crippen LogP contribution in [0.4, 0.5) is 0 Å². The van der Waals surface area contributed by atoms with Crippen LogP contribution in [0.2, 0.25) is 0 Å². The van der Waals surface area contributed by atoms with Crippen molar-refractivity contribution < 1.29 is 0 Å². The molecule has 0 heterocycles. The van der Waals surface area contributed by atoms with Gasteiger partial charge in [-0.3, -0.25) is 0 Å². The third-order valence-electron chi connectivity index (χ3n) is 1.39. The number of hydrogen-bond acceptors (Lipinski definition) is 0. The highest BCUT2D eigenvalue weighted by atomic mass is 13.9. The molecule has 0 N–H and O–H groups in total. The second-order valence-corrected chi connectivity index (χ2v) is 2.10. The van der Waals surface area contributed by atoms with Crippen molar-refractivity contribution in [3.8, 4) is 0 Å². The highest BCUT2D eigenvalue weighted by molar-refractivity contribution is 5.20. The van der Waals surface area contributed by atoms with E-state index >= 15 is 0 Å². The fourth-order valence-electron chi connectivity index (χ4n) is 0.708. The number of allylic oxidation sites excluding steroid dienone is 6. The molecule has 0 unspecified atom stereocenters. The lowest BCUT2D eigenvalue weighted by Gasteiger charge is -1.90. The Hall–Kier alpha value is -0.780. The van der Waals surface area contributed by atoms with Crippen molar-refractivity contribution in [3.63, 3.8) is 0 Å². The van der Waals surface area contributed by atoms with E-state index in [1.165, 1.54) is 5.57 Å². The van der Waals surface area contributed by atoms with Gasteiger partial charge in [0.2, 0.25) is 0 Å². The molecule has 0 aliphatic carbocycles. The average molecular weight is 136 g/mol. The van der Waals surface area contributed by atoms with Crippen LogP contribution >= 0.6 is 0 Å². The maximum atomic E-state index is 2.16. The molecule has 0 aromatic rings. The van der Waals surface area contributed by atoms with E-state index in [0.29, 0.717) is 0 Å². The van der Waals surface area contributed by atoms with Crippen molar-refractivity contribution in [1.29, 1.82) is 0 Å². The quantitative estimate of drug-likeness (QED) is 0.521. The Labute approximate surface area is 64.0 Å². The third kappa shape index (κ3) is 4.13. The van der Waals surface area contributed by atoms with Crippen LogP contribution in [0.5, 0.6) is 0 Å². The molecule has 56 valence electrons. The molecule has 0 saturated heterocycles. The third-order valence-corrected chi connectivity index (χ3v) is 1.39. The van der Waals surface area contributed by atoms with E-state index in [-0.39, 0.29) is 0 Å². The van der Waals surface area contributed by atoms with Gasteiger partial charge < -0.3 is 0 Å². The van der Waals surface area contributed by atoms with Gasteiger partial charge in [0.25, 0.3) is 0 Å². The second kappa shape index (κ2) is 6.34. The highest BCUT2D eigenvalue weighted by Gasteiger charge is 1.80. The van der Waals surface area contributed by atoms with Gasteiger partial charge in [-0.2, -0.15) is 0 Å². The fourth-order valence-corrected chi connectivity index (χ4v) is 0.708. The van der Waals surface area contributed by atoms with E-state index in [2.05, 4.69) is 32.1 Å². The first-order valence-corrected chi connectivity index (χ1v) is 3.79.